The molecule has 3 aromatic rings. The number of nitrogens with zero attached hydrogens (tertiary/aromatic N) is 2. The Hall–Kier alpha value is -3.21. The van der Waals surface area contributed by atoms with E-state index in [0.29, 0.717) is 11.4 Å². The second-order valence-corrected chi connectivity index (χ2v) is 7.28. The second-order valence-electron chi connectivity index (χ2n) is 7.28. The first-order chi connectivity index (χ1) is 13.6. The number of carbonyl (C=O) groups is 1. The average molecular weight is 372 g/mol. The van der Waals surface area contributed by atoms with Crippen LogP contribution in [0.5, 0.6) is 0 Å². The third kappa shape index (κ3) is 3.74. The summed E-state index contributed by atoms with van der Waals surface area (Å²) in [6, 6.07) is 17.7. The van der Waals surface area contributed by atoms with Gasteiger partial charge in [-0.05, 0) is 50.5 Å². The van der Waals surface area contributed by atoms with Crippen LogP contribution in [0.4, 0.5) is 5.82 Å². The molecule has 1 fully saturated rings. The quantitative estimate of drug-likeness (QED) is 0.677. The summed E-state index contributed by atoms with van der Waals surface area (Å²) < 4.78 is 0. The number of benzene rings is 2. The van der Waals surface area contributed by atoms with E-state index < -0.39 is 0 Å². The minimum Gasteiger partial charge on any atom is -0.370 e. The summed E-state index contributed by atoms with van der Waals surface area (Å²) in [6.45, 7) is 4.91. The maximum atomic E-state index is 12.8. The summed E-state index contributed by atoms with van der Waals surface area (Å²) in [4.78, 5) is 21.6. The highest BCUT2D eigenvalue weighted by atomic mass is 16.1. The van der Waals surface area contributed by atoms with Crippen LogP contribution in [0.25, 0.3) is 11.4 Å². The average Bonchev–Trinajstić information content (AvgIpc) is 3.49. The molecule has 2 N–H and O–H groups in total. The SMILES string of the molecule is CCNc1ccnc(-c2ccc(C(=O)NC3(c4cccc(C)c4)CC3)cc2)n1. The Balaban J connectivity index is 1.50. The summed E-state index contributed by atoms with van der Waals surface area (Å²) in [5.74, 6) is 1.39. The zero-order valence-electron chi connectivity index (χ0n) is 16.2. The largest absolute Gasteiger partial charge is 0.370 e. The van der Waals surface area contributed by atoms with Crippen LogP contribution in [0.2, 0.25) is 0 Å². The van der Waals surface area contributed by atoms with Gasteiger partial charge in [-0.25, -0.2) is 9.97 Å². The van der Waals surface area contributed by atoms with Gasteiger partial charge in [0.25, 0.3) is 5.91 Å². The topological polar surface area (TPSA) is 66.9 Å². The lowest BCUT2D eigenvalue weighted by molar-refractivity contribution is 0.0931. The van der Waals surface area contributed by atoms with Crippen LogP contribution >= 0.6 is 0 Å². The van der Waals surface area contributed by atoms with E-state index in [1.165, 1.54) is 11.1 Å². The highest BCUT2D eigenvalue weighted by molar-refractivity contribution is 5.95. The van der Waals surface area contributed by atoms with E-state index in [1.54, 1.807) is 6.20 Å². The first-order valence-corrected chi connectivity index (χ1v) is 9.67. The second kappa shape index (κ2) is 7.43. The Bertz CT molecular complexity index is 993. The number of anilines is 1. The number of nitrogens with one attached hydrogen (secondary N) is 2. The van der Waals surface area contributed by atoms with E-state index in [-0.39, 0.29) is 11.4 Å². The number of hydrogen-bond donors (Lipinski definition) is 2. The van der Waals surface area contributed by atoms with Gasteiger partial charge in [0.05, 0.1) is 5.54 Å². The maximum Gasteiger partial charge on any atom is 0.251 e. The number of amides is 1. The molecule has 0 aliphatic heterocycles. The molecule has 1 amide bonds. The molecule has 0 spiro atoms. The van der Waals surface area contributed by atoms with Gasteiger partial charge in [-0.15, -0.1) is 0 Å². The molecule has 0 bridgehead atoms. The van der Waals surface area contributed by atoms with Crippen molar-refractivity contribution in [2.24, 2.45) is 0 Å². The smallest absolute Gasteiger partial charge is 0.251 e. The molecule has 2 aromatic carbocycles. The fourth-order valence-electron chi connectivity index (χ4n) is 3.39. The van der Waals surface area contributed by atoms with E-state index >= 15 is 0 Å². The minimum atomic E-state index is -0.217. The molecule has 1 aliphatic rings. The van der Waals surface area contributed by atoms with Crippen LogP contribution in [0, 0.1) is 6.92 Å². The molecule has 28 heavy (non-hydrogen) atoms. The zero-order chi connectivity index (χ0) is 19.6. The summed E-state index contributed by atoms with van der Waals surface area (Å²) in [5.41, 5.74) is 3.71. The van der Waals surface area contributed by atoms with Gasteiger partial charge in [0.1, 0.15) is 5.82 Å². The Morgan fingerprint density at radius 3 is 2.57 bits per heavy atom. The molecule has 1 heterocycles. The van der Waals surface area contributed by atoms with Crippen LogP contribution in [-0.4, -0.2) is 22.4 Å². The highest BCUT2D eigenvalue weighted by Crippen LogP contribution is 2.45. The first kappa shape index (κ1) is 18.2. The molecule has 1 aromatic heterocycles. The Morgan fingerprint density at radius 1 is 1.11 bits per heavy atom. The van der Waals surface area contributed by atoms with Gasteiger partial charge in [0, 0.05) is 23.9 Å². The normalized spacial score (nSPS) is 14.4. The predicted molar refractivity (Wildman–Crippen MR) is 111 cm³/mol. The molecule has 4 rings (SSSR count). The van der Waals surface area contributed by atoms with Crippen molar-refractivity contribution < 1.29 is 4.79 Å². The van der Waals surface area contributed by atoms with Crippen molar-refractivity contribution in [3.8, 4) is 11.4 Å². The minimum absolute atomic E-state index is 0.0483. The lowest BCUT2D eigenvalue weighted by atomic mass is 10.0. The predicted octanol–water partition coefficient (Wildman–Crippen LogP) is 4.30. The van der Waals surface area contributed by atoms with Crippen LogP contribution in [0.1, 0.15) is 41.3 Å². The van der Waals surface area contributed by atoms with Crippen LogP contribution < -0.4 is 10.6 Å². The number of hydrogen-bond acceptors (Lipinski definition) is 4. The monoisotopic (exact) mass is 372 g/mol. The van der Waals surface area contributed by atoms with Crippen molar-refractivity contribution in [2.45, 2.75) is 32.2 Å². The Morgan fingerprint density at radius 2 is 1.89 bits per heavy atom. The summed E-state index contributed by atoms with van der Waals surface area (Å²) in [7, 11) is 0. The Labute approximate surface area is 165 Å². The molecular formula is C23H24N4O. The van der Waals surface area contributed by atoms with Crippen molar-refractivity contribution >= 4 is 11.7 Å². The third-order valence-corrected chi connectivity index (χ3v) is 5.09. The van der Waals surface area contributed by atoms with Crippen molar-refractivity contribution in [1.82, 2.24) is 15.3 Å². The molecule has 1 saturated carbocycles. The van der Waals surface area contributed by atoms with Crippen molar-refractivity contribution in [3.05, 3.63) is 77.5 Å². The molecule has 5 nitrogen and oxygen atoms in total. The van der Waals surface area contributed by atoms with Gasteiger partial charge < -0.3 is 10.6 Å². The molecule has 0 radical (unpaired) electrons. The molecule has 0 atom stereocenters. The molecule has 5 heteroatoms. The van der Waals surface area contributed by atoms with Gasteiger partial charge in [0.15, 0.2) is 5.82 Å². The number of rotatable bonds is 6. The van der Waals surface area contributed by atoms with E-state index in [1.807, 2.05) is 43.3 Å². The fourth-order valence-corrected chi connectivity index (χ4v) is 3.39. The van der Waals surface area contributed by atoms with E-state index in [4.69, 9.17) is 0 Å². The van der Waals surface area contributed by atoms with Crippen LogP contribution in [0.3, 0.4) is 0 Å². The van der Waals surface area contributed by atoms with Gasteiger partial charge in [-0.1, -0.05) is 42.0 Å². The van der Waals surface area contributed by atoms with Crippen molar-refractivity contribution in [2.75, 3.05) is 11.9 Å². The first-order valence-electron chi connectivity index (χ1n) is 9.67. The summed E-state index contributed by atoms with van der Waals surface area (Å²) in [5, 5.41) is 6.42. The van der Waals surface area contributed by atoms with E-state index in [9.17, 15) is 4.79 Å². The van der Waals surface area contributed by atoms with Gasteiger partial charge in [-0.2, -0.15) is 0 Å². The van der Waals surface area contributed by atoms with E-state index in [0.717, 1.165) is 30.8 Å². The maximum absolute atomic E-state index is 12.8. The molecule has 0 saturated heterocycles. The lowest BCUT2D eigenvalue weighted by Gasteiger charge is -2.18. The number of carbonyl (C=O) groups excluding carboxylic acids is 1. The number of aryl methyl sites for hydroxylation is 1. The molecule has 142 valence electrons. The standard InChI is InChI=1S/C23H24N4O/c1-3-24-20-11-14-25-21(26-20)17-7-9-18(10-8-17)22(28)27-23(12-13-23)19-6-4-5-16(2)15-19/h4-11,14-15H,3,12-13H2,1-2H3,(H,27,28)(H,24,25,26). The number of aromatic nitrogens is 2. The molecule has 1 aliphatic carbocycles. The summed E-state index contributed by atoms with van der Waals surface area (Å²) in [6.07, 6.45) is 3.69. The summed E-state index contributed by atoms with van der Waals surface area (Å²) >= 11 is 0. The van der Waals surface area contributed by atoms with E-state index in [2.05, 4.69) is 45.7 Å². The van der Waals surface area contributed by atoms with Crippen molar-refractivity contribution in [3.63, 3.8) is 0 Å². The highest BCUT2D eigenvalue weighted by Gasteiger charge is 2.45. The van der Waals surface area contributed by atoms with Gasteiger partial charge in [0.2, 0.25) is 0 Å². The molecular weight excluding hydrogens is 348 g/mol. The Kier molecular flexibility index (Phi) is 4.82. The fraction of sp³-hybridized carbons (Fsp3) is 0.261. The van der Waals surface area contributed by atoms with Gasteiger partial charge in [-0.3, -0.25) is 4.79 Å². The van der Waals surface area contributed by atoms with Gasteiger partial charge >= 0.3 is 0 Å². The van der Waals surface area contributed by atoms with Crippen molar-refractivity contribution in [1.29, 1.82) is 0 Å². The molecule has 0 unspecified atom stereocenters. The van der Waals surface area contributed by atoms with Crippen LogP contribution in [-0.2, 0) is 5.54 Å². The zero-order valence-corrected chi connectivity index (χ0v) is 16.2. The third-order valence-electron chi connectivity index (χ3n) is 5.09. The lowest BCUT2D eigenvalue weighted by Crippen LogP contribution is -2.34. The van der Waals surface area contributed by atoms with Crippen LogP contribution in [0.15, 0.2) is 60.8 Å².